The zero-order valence-corrected chi connectivity index (χ0v) is 9.27. The van der Waals surface area contributed by atoms with E-state index in [4.69, 9.17) is 27.9 Å². The minimum Gasteiger partial charge on any atom is -0.490 e. The van der Waals surface area contributed by atoms with Gasteiger partial charge in [0, 0.05) is 12.5 Å². The summed E-state index contributed by atoms with van der Waals surface area (Å²) in [6, 6.07) is 1.54. The first-order valence-electron chi connectivity index (χ1n) is 4.05. The number of rotatable bonds is 4. The monoisotopic (exact) mass is 232 g/mol. The molecule has 0 aromatic carbocycles. The summed E-state index contributed by atoms with van der Waals surface area (Å²) in [6.07, 6.45) is 0.774. The molecule has 14 heavy (non-hydrogen) atoms. The summed E-state index contributed by atoms with van der Waals surface area (Å²) in [7, 11) is 0. The zero-order valence-electron chi connectivity index (χ0n) is 7.76. The first-order valence-corrected chi connectivity index (χ1v) is 4.81. The van der Waals surface area contributed by atoms with E-state index in [1.54, 1.807) is 0 Å². The van der Waals surface area contributed by atoms with Gasteiger partial charge in [0.15, 0.2) is 16.1 Å². The van der Waals surface area contributed by atoms with Gasteiger partial charge in [-0.3, -0.25) is 0 Å². The molecule has 5 heteroatoms. The van der Waals surface area contributed by atoms with Crippen LogP contribution in [0.5, 0.6) is 5.75 Å². The van der Waals surface area contributed by atoms with Gasteiger partial charge in [0.2, 0.25) is 0 Å². The van der Waals surface area contributed by atoms with E-state index in [1.165, 1.54) is 6.07 Å². The number of hydrogen-bond acceptors (Lipinski definition) is 3. The van der Waals surface area contributed by atoms with Crippen molar-refractivity contribution in [2.75, 3.05) is 6.61 Å². The van der Waals surface area contributed by atoms with Crippen molar-refractivity contribution in [1.29, 1.82) is 0 Å². The van der Waals surface area contributed by atoms with Crippen LogP contribution in [0.1, 0.15) is 13.3 Å². The van der Waals surface area contributed by atoms with Crippen LogP contribution in [0.4, 0.5) is 0 Å². The summed E-state index contributed by atoms with van der Waals surface area (Å²) in [5.74, 6) is 0.452. The topological polar surface area (TPSA) is 35.0 Å². The molecule has 0 aliphatic heterocycles. The molecule has 0 radical (unpaired) electrons. The van der Waals surface area contributed by atoms with Crippen LogP contribution in [0.2, 0.25) is 10.3 Å². The van der Waals surface area contributed by atoms with E-state index < -0.39 is 0 Å². The molecule has 3 nitrogen and oxygen atoms in total. The molecule has 76 valence electrons. The predicted octanol–water partition coefficient (Wildman–Crippen LogP) is 3.13. The second-order valence-corrected chi connectivity index (χ2v) is 3.62. The SMILES string of the molecule is C=C(C)CCOc1cc(Cl)nnc1Cl. The van der Waals surface area contributed by atoms with Crippen molar-refractivity contribution >= 4 is 23.2 Å². The number of halogens is 2. The lowest BCUT2D eigenvalue weighted by Crippen LogP contribution is -1.99. The third-order valence-corrected chi connectivity index (χ3v) is 1.92. The number of nitrogens with zero attached hydrogens (tertiary/aromatic N) is 2. The van der Waals surface area contributed by atoms with E-state index >= 15 is 0 Å². The molecule has 0 saturated carbocycles. The fourth-order valence-corrected chi connectivity index (χ4v) is 1.06. The van der Waals surface area contributed by atoms with E-state index in [0.717, 1.165) is 12.0 Å². The maximum atomic E-state index is 5.73. The van der Waals surface area contributed by atoms with Gasteiger partial charge in [-0.15, -0.1) is 16.8 Å². The first kappa shape index (κ1) is 11.3. The third kappa shape index (κ3) is 3.52. The first-order chi connectivity index (χ1) is 6.59. The molecule has 0 fully saturated rings. The molecule has 0 saturated heterocycles. The van der Waals surface area contributed by atoms with E-state index in [2.05, 4.69) is 16.8 Å². The molecular weight excluding hydrogens is 223 g/mol. The molecular formula is C9H10Cl2N2O. The van der Waals surface area contributed by atoms with Gasteiger partial charge in [-0.05, 0) is 6.92 Å². The molecule has 0 N–H and O–H groups in total. The third-order valence-electron chi connectivity index (χ3n) is 1.47. The van der Waals surface area contributed by atoms with Crippen molar-refractivity contribution in [3.05, 3.63) is 28.5 Å². The summed E-state index contributed by atoms with van der Waals surface area (Å²) < 4.78 is 5.35. The van der Waals surface area contributed by atoms with Crippen LogP contribution in [-0.4, -0.2) is 16.8 Å². The molecule has 0 amide bonds. The predicted molar refractivity (Wildman–Crippen MR) is 57.0 cm³/mol. The van der Waals surface area contributed by atoms with Gasteiger partial charge in [0.25, 0.3) is 0 Å². The van der Waals surface area contributed by atoms with Gasteiger partial charge in [-0.1, -0.05) is 28.8 Å². The Balaban J connectivity index is 2.57. The number of hydrogen-bond donors (Lipinski definition) is 0. The van der Waals surface area contributed by atoms with Crippen molar-refractivity contribution in [1.82, 2.24) is 10.2 Å². The molecule has 0 bridgehead atoms. The largest absolute Gasteiger partial charge is 0.490 e. The van der Waals surface area contributed by atoms with Gasteiger partial charge in [-0.25, -0.2) is 0 Å². The van der Waals surface area contributed by atoms with Crippen LogP contribution in [0.25, 0.3) is 0 Å². The van der Waals surface area contributed by atoms with Crippen molar-refractivity contribution < 1.29 is 4.74 Å². The number of ether oxygens (including phenoxy) is 1. The van der Waals surface area contributed by atoms with Crippen LogP contribution in [0.3, 0.4) is 0 Å². The van der Waals surface area contributed by atoms with Gasteiger partial charge < -0.3 is 4.74 Å². The normalized spacial score (nSPS) is 9.93. The van der Waals surface area contributed by atoms with E-state index in [-0.39, 0.29) is 10.3 Å². The fraction of sp³-hybridized carbons (Fsp3) is 0.333. The second-order valence-electron chi connectivity index (χ2n) is 2.88. The second kappa shape index (κ2) is 5.17. The molecule has 1 heterocycles. The minimum atomic E-state index is 0.219. The van der Waals surface area contributed by atoms with E-state index in [1.807, 2.05) is 6.92 Å². The van der Waals surface area contributed by atoms with Crippen molar-refractivity contribution in [3.8, 4) is 5.75 Å². The smallest absolute Gasteiger partial charge is 0.193 e. The highest BCUT2D eigenvalue weighted by atomic mass is 35.5. The Hall–Kier alpha value is -0.800. The van der Waals surface area contributed by atoms with Gasteiger partial charge >= 0.3 is 0 Å². The summed E-state index contributed by atoms with van der Waals surface area (Å²) in [5.41, 5.74) is 1.05. The highest BCUT2D eigenvalue weighted by Crippen LogP contribution is 2.23. The molecule has 0 aliphatic rings. The van der Waals surface area contributed by atoms with Gasteiger partial charge in [-0.2, -0.15) is 0 Å². The van der Waals surface area contributed by atoms with Crippen LogP contribution < -0.4 is 4.74 Å². The lowest BCUT2D eigenvalue weighted by molar-refractivity contribution is 0.320. The van der Waals surface area contributed by atoms with Crippen molar-refractivity contribution in [2.45, 2.75) is 13.3 Å². The van der Waals surface area contributed by atoms with E-state index in [0.29, 0.717) is 12.4 Å². The highest BCUT2D eigenvalue weighted by Gasteiger charge is 2.04. The maximum Gasteiger partial charge on any atom is 0.193 e. The van der Waals surface area contributed by atoms with Crippen molar-refractivity contribution in [2.24, 2.45) is 0 Å². The van der Waals surface area contributed by atoms with Gasteiger partial charge in [0.05, 0.1) is 6.61 Å². The molecule has 0 atom stereocenters. The van der Waals surface area contributed by atoms with E-state index in [9.17, 15) is 0 Å². The molecule has 1 aromatic heterocycles. The Bertz CT molecular complexity index is 342. The summed E-state index contributed by atoms with van der Waals surface area (Å²) in [4.78, 5) is 0. The summed E-state index contributed by atoms with van der Waals surface area (Å²) >= 11 is 11.4. The summed E-state index contributed by atoms with van der Waals surface area (Å²) in [5, 5.41) is 7.66. The Morgan fingerprint density at radius 1 is 1.50 bits per heavy atom. The van der Waals surface area contributed by atoms with Crippen molar-refractivity contribution in [3.63, 3.8) is 0 Å². The average molecular weight is 233 g/mol. The van der Waals surface area contributed by atoms with Crippen LogP contribution in [0, 0.1) is 0 Å². The van der Waals surface area contributed by atoms with Crippen LogP contribution in [0.15, 0.2) is 18.2 Å². The quantitative estimate of drug-likeness (QED) is 0.749. The maximum absolute atomic E-state index is 5.73. The average Bonchev–Trinajstić information content (AvgIpc) is 2.10. The lowest BCUT2D eigenvalue weighted by atomic mass is 10.3. The zero-order chi connectivity index (χ0) is 10.6. The summed E-state index contributed by atoms with van der Waals surface area (Å²) in [6.45, 7) is 6.20. The van der Waals surface area contributed by atoms with Crippen LogP contribution >= 0.6 is 23.2 Å². The fourth-order valence-electron chi connectivity index (χ4n) is 0.774. The lowest BCUT2D eigenvalue weighted by Gasteiger charge is -2.06. The molecule has 0 unspecified atom stereocenters. The van der Waals surface area contributed by atoms with Gasteiger partial charge in [0.1, 0.15) is 0 Å². The standard InChI is InChI=1S/C9H10Cl2N2O/c1-6(2)3-4-14-7-5-8(10)12-13-9(7)11/h5H,1,3-4H2,2H3. The Labute approximate surface area is 92.7 Å². The Kier molecular flexibility index (Phi) is 4.17. The Morgan fingerprint density at radius 3 is 2.86 bits per heavy atom. The highest BCUT2D eigenvalue weighted by molar-refractivity contribution is 6.32. The number of aromatic nitrogens is 2. The molecule has 1 aromatic rings. The molecule has 0 aliphatic carbocycles. The molecule has 1 rings (SSSR count). The van der Waals surface area contributed by atoms with Crippen LogP contribution in [-0.2, 0) is 0 Å². The minimum absolute atomic E-state index is 0.219. The molecule has 0 spiro atoms. The Morgan fingerprint density at radius 2 is 2.21 bits per heavy atom.